The molecule has 1 unspecified atom stereocenters. The van der Waals surface area contributed by atoms with Crippen LogP contribution >= 0.6 is 0 Å². The second kappa shape index (κ2) is 4.48. The minimum absolute atomic E-state index is 0.315. The van der Waals surface area contributed by atoms with E-state index >= 15 is 0 Å². The van der Waals surface area contributed by atoms with E-state index in [1.54, 1.807) is 0 Å². The maximum absolute atomic E-state index is 11.9. The Labute approximate surface area is 119 Å². The SMILES string of the molecule is O=C1CCC2c3cccc(-c4ccccc4)c3CCN12. The largest absolute Gasteiger partial charge is 0.335 e. The normalized spacial score (nSPS) is 20.7. The highest BCUT2D eigenvalue weighted by Gasteiger charge is 2.36. The van der Waals surface area contributed by atoms with Crippen LogP contribution in [0.25, 0.3) is 11.1 Å². The average molecular weight is 263 g/mol. The molecular formula is C18H17NO. The van der Waals surface area contributed by atoms with E-state index in [2.05, 4.69) is 53.4 Å². The van der Waals surface area contributed by atoms with Crippen molar-refractivity contribution in [1.82, 2.24) is 4.90 Å². The topological polar surface area (TPSA) is 20.3 Å². The zero-order chi connectivity index (χ0) is 13.5. The zero-order valence-corrected chi connectivity index (χ0v) is 11.4. The Morgan fingerprint density at radius 3 is 2.65 bits per heavy atom. The average Bonchev–Trinajstić information content (AvgIpc) is 2.89. The molecule has 2 heterocycles. The number of hydrogen-bond acceptors (Lipinski definition) is 1. The number of carbonyl (C=O) groups is 1. The lowest BCUT2D eigenvalue weighted by atomic mass is 9.87. The quantitative estimate of drug-likeness (QED) is 0.770. The Morgan fingerprint density at radius 1 is 0.950 bits per heavy atom. The predicted molar refractivity (Wildman–Crippen MR) is 79.3 cm³/mol. The van der Waals surface area contributed by atoms with E-state index in [0.717, 1.165) is 19.4 Å². The van der Waals surface area contributed by atoms with Crippen LogP contribution in [-0.4, -0.2) is 17.4 Å². The van der Waals surface area contributed by atoms with Crippen LogP contribution in [0.4, 0.5) is 0 Å². The minimum atomic E-state index is 0.315. The van der Waals surface area contributed by atoms with Gasteiger partial charge in [0.2, 0.25) is 5.91 Å². The summed E-state index contributed by atoms with van der Waals surface area (Å²) in [6.07, 6.45) is 2.66. The van der Waals surface area contributed by atoms with Gasteiger partial charge in [-0.2, -0.15) is 0 Å². The molecule has 4 rings (SSSR count). The second-order valence-electron chi connectivity index (χ2n) is 5.63. The van der Waals surface area contributed by atoms with E-state index < -0.39 is 0 Å². The van der Waals surface area contributed by atoms with Gasteiger partial charge in [-0.15, -0.1) is 0 Å². The van der Waals surface area contributed by atoms with E-state index in [-0.39, 0.29) is 0 Å². The van der Waals surface area contributed by atoms with Crippen LogP contribution < -0.4 is 0 Å². The molecule has 0 N–H and O–H groups in total. The van der Waals surface area contributed by atoms with Crippen molar-refractivity contribution in [3.63, 3.8) is 0 Å². The molecule has 0 bridgehead atoms. The van der Waals surface area contributed by atoms with Crippen LogP contribution in [0.5, 0.6) is 0 Å². The summed E-state index contributed by atoms with van der Waals surface area (Å²) in [5.41, 5.74) is 5.42. The summed E-state index contributed by atoms with van der Waals surface area (Å²) in [7, 11) is 0. The summed E-state index contributed by atoms with van der Waals surface area (Å²) >= 11 is 0. The van der Waals surface area contributed by atoms with Crippen molar-refractivity contribution in [2.75, 3.05) is 6.54 Å². The van der Waals surface area contributed by atoms with Crippen LogP contribution in [0, 0.1) is 0 Å². The van der Waals surface area contributed by atoms with E-state index in [1.165, 1.54) is 22.3 Å². The van der Waals surface area contributed by atoms with Gasteiger partial charge < -0.3 is 4.90 Å². The Kier molecular flexibility index (Phi) is 2.62. The van der Waals surface area contributed by atoms with Crippen molar-refractivity contribution in [1.29, 1.82) is 0 Å². The molecule has 2 nitrogen and oxygen atoms in total. The summed E-state index contributed by atoms with van der Waals surface area (Å²) < 4.78 is 0. The van der Waals surface area contributed by atoms with E-state index in [4.69, 9.17) is 0 Å². The molecule has 0 aliphatic carbocycles. The molecule has 0 radical (unpaired) electrons. The van der Waals surface area contributed by atoms with Gasteiger partial charge in [0.1, 0.15) is 0 Å². The second-order valence-corrected chi connectivity index (χ2v) is 5.63. The highest BCUT2D eigenvalue weighted by molar-refractivity contribution is 5.80. The molecule has 2 heteroatoms. The first kappa shape index (κ1) is 11.7. The Balaban J connectivity index is 1.84. The van der Waals surface area contributed by atoms with Crippen molar-refractivity contribution in [2.24, 2.45) is 0 Å². The van der Waals surface area contributed by atoms with Crippen LogP contribution in [0.1, 0.15) is 30.0 Å². The maximum Gasteiger partial charge on any atom is 0.223 e. The fourth-order valence-corrected chi connectivity index (χ4v) is 3.65. The molecule has 2 aliphatic rings. The lowest BCUT2D eigenvalue weighted by Gasteiger charge is -2.33. The van der Waals surface area contributed by atoms with Crippen molar-refractivity contribution < 1.29 is 4.79 Å². The van der Waals surface area contributed by atoms with E-state index in [9.17, 15) is 4.79 Å². The van der Waals surface area contributed by atoms with Gasteiger partial charge >= 0.3 is 0 Å². The Bertz CT molecular complexity index is 662. The molecule has 2 aromatic rings. The minimum Gasteiger partial charge on any atom is -0.335 e. The molecule has 100 valence electrons. The van der Waals surface area contributed by atoms with Crippen molar-refractivity contribution in [3.8, 4) is 11.1 Å². The van der Waals surface area contributed by atoms with Gasteiger partial charge in [0.25, 0.3) is 0 Å². The first-order chi connectivity index (χ1) is 9.84. The van der Waals surface area contributed by atoms with Crippen LogP contribution in [0.15, 0.2) is 48.5 Å². The number of benzene rings is 2. The van der Waals surface area contributed by atoms with Crippen LogP contribution in [0.2, 0.25) is 0 Å². The first-order valence-corrected chi connectivity index (χ1v) is 7.31. The lowest BCUT2D eigenvalue weighted by Crippen LogP contribution is -2.34. The Morgan fingerprint density at radius 2 is 1.80 bits per heavy atom. The maximum atomic E-state index is 11.9. The van der Waals surface area contributed by atoms with Gasteiger partial charge in [-0.1, -0.05) is 48.5 Å². The van der Waals surface area contributed by atoms with Crippen LogP contribution in [0.3, 0.4) is 0 Å². The summed E-state index contributed by atoms with van der Waals surface area (Å²) in [4.78, 5) is 14.0. The van der Waals surface area contributed by atoms with Gasteiger partial charge in [-0.05, 0) is 35.1 Å². The molecule has 1 fully saturated rings. The van der Waals surface area contributed by atoms with Gasteiger partial charge in [-0.3, -0.25) is 4.79 Å². The smallest absolute Gasteiger partial charge is 0.223 e. The fourth-order valence-electron chi connectivity index (χ4n) is 3.65. The highest BCUT2D eigenvalue weighted by atomic mass is 16.2. The molecule has 2 aromatic carbocycles. The highest BCUT2D eigenvalue weighted by Crippen LogP contribution is 2.41. The third kappa shape index (κ3) is 1.68. The van der Waals surface area contributed by atoms with Gasteiger partial charge in [-0.25, -0.2) is 0 Å². The van der Waals surface area contributed by atoms with Gasteiger partial charge in [0.15, 0.2) is 0 Å². The predicted octanol–water partition coefficient (Wildman–Crippen LogP) is 3.57. The third-order valence-electron chi connectivity index (χ3n) is 4.59. The van der Waals surface area contributed by atoms with Crippen molar-refractivity contribution in [3.05, 3.63) is 59.7 Å². The number of hydrogen-bond donors (Lipinski definition) is 0. The molecule has 1 atom stereocenters. The van der Waals surface area contributed by atoms with E-state index in [0.29, 0.717) is 18.4 Å². The number of amides is 1. The molecule has 1 amide bonds. The molecule has 0 spiro atoms. The summed E-state index contributed by atoms with van der Waals surface area (Å²) in [5.74, 6) is 0.325. The first-order valence-electron chi connectivity index (χ1n) is 7.31. The standard InChI is InChI=1S/C18H17NO/c20-18-10-9-17-16-8-4-7-14(13-5-2-1-3-6-13)15(16)11-12-19(17)18/h1-8,17H,9-12H2. The molecule has 1 saturated heterocycles. The number of nitrogens with zero attached hydrogens (tertiary/aromatic N) is 1. The van der Waals surface area contributed by atoms with Gasteiger partial charge in [0.05, 0.1) is 6.04 Å². The summed E-state index contributed by atoms with van der Waals surface area (Å²) in [6.45, 7) is 0.875. The Hall–Kier alpha value is -2.09. The monoisotopic (exact) mass is 263 g/mol. The lowest BCUT2D eigenvalue weighted by molar-refractivity contribution is -0.129. The molecule has 20 heavy (non-hydrogen) atoms. The number of carbonyl (C=O) groups excluding carboxylic acids is 1. The molecule has 2 aliphatic heterocycles. The summed E-state index contributed by atoms with van der Waals surface area (Å²) in [6, 6.07) is 17.4. The molecule has 0 aromatic heterocycles. The zero-order valence-electron chi connectivity index (χ0n) is 11.4. The van der Waals surface area contributed by atoms with E-state index in [1.807, 2.05) is 0 Å². The van der Waals surface area contributed by atoms with Crippen LogP contribution in [-0.2, 0) is 11.2 Å². The number of rotatable bonds is 1. The fraction of sp³-hybridized carbons (Fsp3) is 0.278. The summed E-state index contributed by atoms with van der Waals surface area (Å²) in [5, 5.41) is 0. The molecular weight excluding hydrogens is 246 g/mol. The van der Waals surface area contributed by atoms with Crippen molar-refractivity contribution >= 4 is 5.91 Å². The third-order valence-corrected chi connectivity index (χ3v) is 4.59. The molecule has 0 saturated carbocycles. The number of fused-ring (bicyclic) bond motifs is 3. The van der Waals surface area contributed by atoms with Crippen molar-refractivity contribution in [2.45, 2.75) is 25.3 Å². The van der Waals surface area contributed by atoms with Gasteiger partial charge in [0, 0.05) is 13.0 Å².